The average Bonchev–Trinajstić information content (AvgIpc) is 2.57. The molecule has 0 aliphatic rings. The first-order chi connectivity index (χ1) is 11.8. The number of ether oxygens (including phenoxy) is 1. The van der Waals surface area contributed by atoms with Gasteiger partial charge in [0, 0.05) is 11.3 Å². The zero-order chi connectivity index (χ0) is 18.6. The number of carbonyl (C=O) groups excluding carboxylic acids is 1. The number of likely N-dealkylation sites (N-methyl/N-ethyl adjacent to an activating group) is 1. The number of quaternary nitrogens is 1. The van der Waals surface area contributed by atoms with Crippen molar-refractivity contribution in [3.8, 4) is 5.75 Å². The Balaban J connectivity index is 2.03. The van der Waals surface area contributed by atoms with E-state index < -0.39 is 0 Å². The fourth-order valence-electron chi connectivity index (χ4n) is 3.05. The van der Waals surface area contributed by atoms with Gasteiger partial charge in [-0.3, -0.25) is 4.79 Å². The number of rotatable bonds is 6. The summed E-state index contributed by atoms with van der Waals surface area (Å²) in [4.78, 5) is 13.8. The number of amides is 1. The summed E-state index contributed by atoms with van der Waals surface area (Å²) in [6.07, 6.45) is 0. The summed E-state index contributed by atoms with van der Waals surface area (Å²) in [5, 5.41) is 3.11. The Morgan fingerprint density at radius 1 is 1.12 bits per heavy atom. The monoisotopic (exact) mass is 341 g/mol. The summed E-state index contributed by atoms with van der Waals surface area (Å²) < 4.78 is 5.19. The van der Waals surface area contributed by atoms with Crippen molar-refractivity contribution in [1.82, 2.24) is 0 Å². The zero-order valence-electron chi connectivity index (χ0n) is 16.1. The molecule has 2 aromatic rings. The third-order valence-electron chi connectivity index (χ3n) is 4.70. The predicted molar refractivity (Wildman–Crippen MR) is 102 cm³/mol. The Hall–Kier alpha value is -2.33. The summed E-state index contributed by atoms with van der Waals surface area (Å²) in [5.74, 6) is 0.888. The van der Waals surface area contributed by atoms with Gasteiger partial charge in [-0.15, -0.1) is 0 Å². The van der Waals surface area contributed by atoms with Gasteiger partial charge in [0.25, 0.3) is 5.91 Å². The molecule has 4 nitrogen and oxygen atoms in total. The first-order valence-corrected chi connectivity index (χ1v) is 8.65. The first kappa shape index (κ1) is 19.0. The largest absolute Gasteiger partial charge is 0.497 e. The van der Waals surface area contributed by atoms with Crippen LogP contribution in [0.2, 0.25) is 0 Å². The highest BCUT2D eigenvalue weighted by atomic mass is 16.5. The van der Waals surface area contributed by atoms with Crippen LogP contribution in [0.25, 0.3) is 0 Å². The SMILES string of the molecule is COc1ccc(C[NH+](C)[C@@H](C)C(=O)Nc2c(C)cc(C)cc2C)cc1. The van der Waals surface area contributed by atoms with Gasteiger partial charge in [0.2, 0.25) is 0 Å². The Morgan fingerprint density at radius 3 is 2.20 bits per heavy atom. The van der Waals surface area contributed by atoms with Crippen molar-refractivity contribution < 1.29 is 14.4 Å². The third kappa shape index (κ3) is 4.83. The summed E-state index contributed by atoms with van der Waals surface area (Å²) in [7, 11) is 3.71. The second kappa shape index (κ2) is 8.17. The van der Waals surface area contributed by atoms with E-state index in [0.717, 1.165) is 34.0 Å². The Morgan fingerprint density at radius 2 is 1.68 bits per heavy atom. The highest BCUT2D eigenvalue weighted by Gasteiger charge is 2.23. The van der Waals surface area contributed by atoms with Crippen LogP contribution < -0.4 is 15.0 Å². The molecule has 0 aromatic heterocycles. The number of anilines is 1. The van der Waals surface area contributed by atoms with Gasteiger partial charge in [-0.25, -0.2) is 0 Å². The minimum Gasteiger partial charge on any atom is -0.497 e. The highest BCUT2D eigenvalue weighted by Crippen LogP contribution is 2.21. The summed E-state index contributed by atoms with van der Waals surface area (Å²) in [6.45, 7) is 8.89. The summed E-state index contributed by atoms with van der Waals surface area (Å²) >= 11 is 0. The van der Waals surface area contributed by atoms with Crippen molar-refractivity contribution in [2.45, 2.75) is 40.3 Å². The normalized spacial score (nSPS) is 13.2. The molecule has 2 aromatic carbocycles. The third-order valence-corrected chi connectivity index (χ3v) is 4.70. The second-order valence-corrected chi connectivity index (χ2v) is 6.86. The van der Waals surface area contributed by atoms with E-state index in [4.69, 9.17) is 4.74 Å². The number of carbonyl (C=O) groups is 1. The molecule has 0 aliphatic carbocycles. The number of hydrogen-bond donors (Lipinski definition) is 2. The lowest BCUT2D eigenvalue weighted by atomic mass is 10.0. The fourth-order valence-corrected chi connectivity index (χ4v) is 3.05. The van der Waals surface area contributed by atoms with Crippen molar-refractivity contribution in [2.75, 3.05) is 19.5 Å². The minimum absolute atomic E-state index is 0.0427. The quantitative estimate of drug-likeness (QED) is 0.848. The van der Waals surface area contributed by atoms with Gasteiger partial charge in [-0.2, -0.15) is 0 Å². The molecule has 0 heterocycles. The number of benzene rings is 2. The minimum atomic E-state index is -0.151. The van der Waals surface area contributed by atoms with Gasteiger partial charge in [0.1, 0.15) is 12.3 Å². The number of hydrogen-bond acceptors (Lipinski definition) is 2. The molecule has 134 valence electrons. The van der Waals surface area contributed by atoms with Gasteiger partial charge in [-0.05, 0) is 63.1 Å². The van der Waals surface area contributed by atoms with Crippen molar-refractivity contribution in [2.24, 2.45) is 0 Å². The molecule has 0 saturated heterocycles. The lowest BCUT2D eigenvalue weighted by molar-refractivity contribution is -0.907. The van der Waals surface area contributed by atoms with Crippen LogP contribution in [0.1, 0.15) is 29.2 Å². The molecule has 0 spiro atoms. The lowest BCUT2D eigenvalue weighted by Crippen LogP contribution is -3.12. The topological polar surface area (TPSA) is 42.8 Å². The van der Waals surface area contributed by atoms with Gasteiger partial charge in [-0.1, -0.05) is 17.7 Å². The van der Waals surface area contributed by atoms with Gasteiger partial charge < -0.3 is 15.0 Å². The Labute approximate surface area is 150 Å². The fraction of sp³-hybridized carbons (Fsp3) is 0.381. The van der Waals surface area contributed by atoms with Gasteiger partial charge in [0.05, 0.1) is 14.2 Å². The molecule has 25 heavy (non-hydrogen) atoms. The van der Waals surface area contributed by atoms with Crippen LogP contribution >= 0.6 is 0 Å². The number of methoxy groups -OCH3 is 1. The second-order valence-electron chi connectivity index (χ2n) is 6.86. The molecule has 0 saturated carbocycles. The van der Waals surface area contributed by atoms with Crippen LogP contribution in [0.3, 0.4) is 0 Å². The van der Waals surface area contributed by atoms with E-state index in [1.165, 1.54) is 11.1 Å². The average molecular weight is 341 g/mol. The predicted octanol–water partition coefficient (Wildman–Crippen LogP) is 2.66. The smallest absolute Gasteiger partial charge is 0.282 e. The number of aryl methyl sites for hydroxylation is 3. The first-order valence-electron chi connectivity index (χ1n) is 8.65. The maximum atomic E-state index is 12.7. The molecule has 0 radical (unpaired) electrons. The van der Waals surface area contributed by atoms with Gasteiger partial charge >= 0.3 is 0 Å². The van der Waals surface area contributed by atoms with Crippen molar-refractivity contribution in [1.29, 1.82) is 0 Å². The van der Waals surface area contributed by atoms with E-state index in [0.29, 0.717) is 0 Å². The van der Waals surface area contributed by atoms with Crippen LogP contribution in [0.5, 0.6) is 5.75 Å². The van der Waals surface area contributed by atoms with Crippen LogP contribution in [-0.4, -0.2) is 26.1 Å². The zero-order valence-corrected chi connectivity index (χ0v) is 16.1. The van der Waals surface area contributed by atoms with Crippen LogP contribution in [0.4, 0.5) is 5.69 Å². The van der Waals surface area contributed by atoms with Crippen molar-refractivity contribution in [3.05, 3.63) is 58.7 Å². The maximum Gasteiger partial charge on any atom is 0.282 e. The summed E-state index contributed by atoms with van der Waals surface area (Å²) in [5.41, 5.74) is 5.53. The molecule has 0 aliphatic heterocycles. The molecule has 0 bridgehead atoms. The molecule has 0 fully saturated rings. The molecular formula is C21H29N2O2+. The molecule has 1 amide bonds. The van der Waals surface area contributed by atoms with E-state index in [2.05, 4.69) is 24.4 Å². The Bertz CT molecular complexity index is 715. The van der Waals surface area contributed by atoms with Crippen molar-refractivity contribution >= 4 is 11.6 Å². The van der Waals surface area contributed by atoms with Gasteiger partial charge in [0.15, 0.2) is 6.04 Å². The van der Waals surface area contributed by atoms with E-state index in [-0.39, 0.29) is 11.9 Å². The van der Waals surface area contributed by atoms with E-state index in [9.17, 15) is 4.79 Å². The van der Waals surface area contributed by atoms with Crippen LogP contribution in [0.15, 0.2) is 36.4 Å². The molecule has 2 N–H and O–H groups in total. The molecular weight excluding hydrogens is 312 g/mol. The van der Waals surface area contributed by atoms with E-state index in [1.54, 1.807) is 7.11 Å². The van der Waals surface area contributed by atoms with E-state index in [1.807, 2.05) is 52.1 Å². The maximum absolute atomic E-state index is 12.7. The molecule has 2 rings (SSSR count). The highest BCUT2D eigenvalue weighted by molar-refractivity contribution is 5.95. The molecule has 1 unspecified atom stereocenters. The van der Waals surface area contributed by atoms with Crippen molar-refractivity contribution in [3.63, 3.8) is 0 Å². The summed E-state index contributed by atoms with van der Waals surface area (Å²) in [6, 6.07) is 12.0. The number of nitrogens with one attached hydrogen (secondary N) is 2. The van der Waals surface area contributed by atoms with E-state index >= 15 is 0 Å². The lowest BCUT2D eigenvalue weighted by Gasteiger charge is -2.22. The molecule has 2 atom stereocenters. The Kier molecular flexibility index (Phi) is 6.21. The van der Waals surface area contributed by atoms with Crippen LogP contribution in [0, 0.1) is 20.8 Å². The van der Waals surface area contributed by atoms with Crippen LogP contribution in [-0.2, 0) is 11.3 Å². The standard InChI is InChI=1S/C21H28N2O2/c1-14-11-15(2)20(16(3)12-14)22-21(24)17(4)23(5)13-18-7-9-19(25-6)10-8-18/h7-12,17H,13H2,1-6H3,(H,22,24)/p+1/t17-/m0/s1. The molecule has 4 heteroatoms.